The average molecular weight is 287 g/mol. The lowest BCUT2D eigenvalue weighted by Gasteiger charge is -2.28. The fraction of sp³-hybridized carbons (Fsp3) is 0.692. The van der Waals surface area contributed by atoms with E-state index in [4.69, 9.17) is 4.42 Å². The van der Waals surface area contributed by atoms with Gasteiger partial charge in [0.15, 0.2) is 9.84 Å². The molecular weight excluding hydrogens is 266 g/mol. The zero-order valence-electron chi connectivity index (χ0n) is 11.3. The molecule has 1 saturated heterocycles. The fourth-order valence-electron chi connectivity index (χ4n) is 2.34. The summed E-state index contributed by atoms with van der Waals surface area (Å²) in [5.74, 6) is 1.67. The van der Waals surface area contributed by atoms with Crippen molar-refractivity contribution < 1.29 is 17.9 Å². The van der Waals surface area contributed by atoms with E-state index in [2.05, 4.69) is 5.32 Å². The number of aliphatic hydroxyl groups is 1. The highest BCUT2D eigenvalue weighted by atomic mass is 32.2. The number of hydrogen-bond acceptors (Lipinski definition) is 5. The molecule has 6 heteroatoms. The smallest absolute Gasteiger partial charge is 0.151 e. The maximum absolute atomic E-state index is 11.5. The Hall–Kier alpha value is -0.850. The van der Waals surface area contributed by atoms with Crippen LogP contribution in [0.15, 0.2) is 16.5 Å². The summed E-state index contributed by atoms with van der Waals surface area (Å²) >= 11 is 0. The molecule has 2 rings (SSSR count). The van der Waals surface area contributed by atoms with Gasteiger partial charge in [0.05, 0.1) is 11.5 Å². The van der Waals surface area contributed by atoms with Gasteiger partial charge in [-0.3, -0.25) is 0 Å². The second-order valence-electron chi connectivity index (χ2n) is 5.52. The highest BCUT2D eigenvalue weighted by molar-refractivity contribution is 7.91. The highest BCUT2D eigenvalue weighted by Crippen LogP contribution is 2.22. The van der Waals surface area contributed by atoms with Crippen molar-refractivity contribution in [3.05, 3.63) is 23.7 Å². The highest BCUT2D eigenvalue weighted by Gasteiger charge is 2.30. The van der Waals surface area contributed by atoms with Gasteiger partial charge in [-0.05, 0) is 38.8 Å². The number of sulfone groups is 1. The van der Waals surface area contributed by atoms with Gasteiger partial charge in [0.2, 0.25) is 0 Å². The van der Waals surface area contributed by atoms with Crippen molar-refractivity contribution in [1.82, 2.24) is 5.32 Å². The summed E-state index contributed by atoms with van der Waals surface area (Å²) in [6.45, 7) is 3.76. The van der Waals surface area contributed by atoms with Crippen molar-refractivity contribution in [2.24, 2.45) is 0 Å². The molecule has 1 aliphatic heterocycles. The Morgan fingerprint density at radius 3 is 2.84 bits per heavy atom. The topological polar surface area (TPSA) is 79.5 Å². The third-order valence-corrected chi connectivity index (χ3v) is 5.29. The molecule has 19 heavy (non-hydrogen) atoms. The first-order valence-electron chi connectivity index (χ1n) is 6.52. The molecule has 1 aromatic rings. The minimum atomic E-state index is -2.93. The zero-order valence-corrected chi connectivity index (χ0v) is 12.2. The summed E-state index contributed by atoms with van der Waals surface area (Å²) in [4.78, 5) is 0. The Balaban J connectivity index is 1.94. The molecule has 1 aromatic heterocycles. The van der Waals surface area contributed by atoms with Crippen molar-refractivity contribution in [2.75, 3.05) is 18.1 Å². The molecular formula is C13H21NO4S. The fourth-order valence-corrected chi connectivity index (χ4v) is 4.01. The Kier molecular flexibility index (Phi) is 4.03. The molecule has 2 N–H and O–H groups in total. The van der Waals surface area contributed by atoms with Crippen LogP contribution in [0.25, 0.3) is 0 Å². The van der Waals surface area contributed by atoms with Crippen LogP contribution < -0.4 is 5.32 Å². The SMILES string of the molecule is Cc1ccc(C(C)(O)CNC2CCCS(=O)(=O)C2)o1. The van der Waals surface area contributed by atoms with Gasteiger partial charge in [0.25, 0.3) is 0 Å². The minimum Gasteiger partial charge on any atom is -0.463 e. The minimum absolute atomic E-state index is 0.0821. The molecule has 0 amide bonds. The molecule has 2 atom stereocenters. The molecule has 5 nitrogen and oxygen atoms in total. The van der Waals surface area contributed by atoms with E-state index in [-0.39, 0.29) is 24.1 Å². The van der Waals surface area contributed by atoms with E-state index in [1.54, 1.807) is 19.1 Å². The molecule has 1 aliphatic rings. The van der Waals surface area contributed by atoms with E-state index in [0.717, 1.165) is 12.2 Å². The van der Waals surface area contributed by atoms with Crippen LogP contribution in [0.2, 0.25) is 0 Å². The molecule has 2 unspecified atom stereocenters. The molecule has 0 aromatic carbocycles. The van der Waals surface area contributed by atoms with E-state index in [0.29, 0.717) is 12.2 Å². The predicted molar refractivity (Wildman–Crippen MR) is 72.7 cm³/mol. The number of aryl methyl sites for hydroxylation is 1. The van der Waals surface area contributed by atoms with Gasteiger partial charge in [-0.2, -0.15) is 0 Å². The zero-order chi connectivity index (χ0) is 14.1. The van der Waals surface area contributed by atoms with E-state index in [1.165, 1.54) is 0 Å². The van der Waals surface area contributed by atoms with Crippen LogP contribution in [0.1, 0.15) is 31.3 Å². The van der Waals surface area contributed by atoms with Crippen LogP contribution in [0.4, 0.5) is 0 Å². The van der Waals surface area contributed by atoms with Crippen LogP contribution in [0, 0.1) is 6.92 Å². The first-order chi connectivity index (χ1) is 8.78. The first-order valence-corrected chi connectivity index (χ1v) is 8.34. The lowest BCUT2D eigenvalue weighted by atomic mass is 10.0. The maximum Gasteiger partial charge on any atom is 0.151 e. The third kappa shape index (κ3) is 3.81. The van der Waals surface area contributed by atoms with Crippen molar-refractivity contribution in [1.29, 1.82) is 0 Å². The summed E-state index contributed by atoms with van der Waals surface area (Å²) in [5, 5.41) is 13.5. The molecule has 0 saturated carbocycles. The van der Waals surface area contributed by atoms with Gasteiger partial charge in [-0.25, -0.2) is 8.42 Å². The van der Waals surface area contributed by atoms with Crippen LogP contribution in [-0.4, -0.2) is 37.6 Å². The standard InChI is InChI=1S/C13H21NO4S/c1-10-5-6-12(18-10)13(2,15)9-14-11-4-3-7-19(16,17)8-11/h5-6,11,14-15H,3-4,7-9H2,1-2H3. The van der Waals surface area contributed by atoms with Gasteiger partial charge in [0, 0.05) is 12.6 Å². The number of rotatable bonds is 4. The number of nitrogens with one attached hydrogen (secondary N) is 1. The third-order valence-electron chi connectivity index (χ3n) is 3.47. The largest absolute Gasteiger partial charge is 0.463 e. The van der Waals surface area contributed by atoms with Gasteiger partial charge >= 0.3 is 0 Å². The summed E-state index contributed by atoms with van der Waals surface area (Å²) in [6.07, 6.45) is 1.51. The Morgan fingerprint density at radius 2 is 2.26 bits per heavy atom. The molecule has 0 bridgehead atoms. The van der Waals surface area contributed by atoms with Crippen molar-refractivity contribution >= 4 is 9.84 Å². The molecule has 0 aliphatic carbocycles. The van der Waals surface area contributed by atoms with Crippen LogP contribution in [-0.2, 0) is 15.4 Å². The summed E-state index contributed by atoms with van der Waals surface area (Å²) in [5.41, 5.74) is -1.13. The monoisotopic (exact) mass is 287 g/mol. The van der Waals surface area contributed by atoms with Crippen LogP contribution in [0.3, 0.4) is 0 Å². The Morgan fingerprint density at radius 1 is 1.53 bits per heavy atom. The lowest BCUT2D eigenvalue weighted by Crippen LogP contribution is -2.45. The second-order valence-corrected chi connectivity index (χ2v) is 7.75. The Bertz CT molecular complexity index is 533. The number of hydrogen-bond donors (Lipinski definition) is 2. The molecule has 0 spiro atoms. The van der Waals surface area contributed by atoms with Gasteiger partial charge in [0.1, 0.15) is 17.1 Å². The van der Waals surface area contributed by atoms with E-state index in [1.807, 2.05) is 6.92 Å². The van der Waals surface area contributed by atoms with Gasteiger partial charge < -0.3 is 14.8 Å². The van der Waals surface area contributed by atoms with E-state index in [9.17, 15) is 13.5 Å². The summed E-state index contributed by atoms with van der Waals surface area (Å²) < 4.78 is 28.5. The second kappa shape index (κ2) is 5.26. The van der Waals surface area contributed by atoms with E-state index >= 15 is 0 Å². The van der Waals surface area contributed by atoms with Crippen molar-refractivity contribution in [3.8, 4) is 0 Å². The van der Waals surface area contributed by atoms with Crippen LogP contribution in [0.5, 0.6) is 0 Å². The Labute approximate surface area is 113 Å². The quantitative estimate of drug-likeness (QED) is 0.862. The molecule has 108 valence electrons. The molecule has 0 radical (unpaired) electrons. The van der Waals surface area contributed by atoms with Crippen molar-refractivity contribution in [3.63, 3.8) is 0 Å². The van der Waals surface area contributed by atoms with Gasteiger partial charge in [-0.15, -0.1) is 0 Å². The number of furan rings is 1. The van der Waals surface area contributed by atoms with Gasteiger partial charge in [-0.1, -0.05) is 0 Å². The summed E-state index contributed by atoms with van der Waals surface area (Å²) in [6, 6.07) is 3.46. The molecule has 2 heterocycles. The average Bonchev–Trinajstić information content (AvgIpc) is 2.73. The molecule has 1 fully saturated rings. The van der Waals surface area contributed by atoms with Crippen LogP contribution >= 0.6 is 0 Å². The summed E-state index contributed by atoms with van der Waals surface area (Å²) in [7, 11) is -2.93. The normalized spacial score (nSPS) is 25.9. The lowest BCUT2D eigenvalue weighted by molar-refractivity contribution is 0.0310. The predicted octanol–water partition coefficient (Wildman–Crippen LogP) is 0.962. The van der Waals surface area contributed by atoms with E-state index < -0.39 is 15.4 Å². The maximum atomic E-state index is 11.5. The first kappa shape index (κ1) is 14.6. The van der Waals surface area contributed by atoms with Crippen molar-refractivity contribution in [2.45, 2.75) is 38.3 Å².